The summed E-state index contributed by atoms with van der Waals surface area (Å²) in [5.41, 5.74) is 0.349. The smallest absolute Gasteiger partial charge is 0.338 e. The second kappa shape index (κ2) is 9.62. The molecule has 0 unspecified atom stereocenters. The third-order valence-corrected chi connectivity index (χ3v) is 4.09. The van der Waals surface area contributed by atoms with E-state index < -0.39 is 5.97 Å². The van der Waals surface area contributed by atoms with Crippen molar-refractivity contribution in [1.82, 2.24) is 5.32 Å². The molecule has 6 heteroatoms. The number of methoxy groups -OCH3 is 1. The van der Waals surface area contributed by atoms with E-state index in [-0.39, 0.29) is 12.5 Å². The molecule has 0 bridgehead atoms. The third-order valence-electron chi connectivity index (χ3n) is 3.08. The zero-order valence-electron chi connectivity index (χ0n) is 13.4. The van der Waals surface area contributed by atoms with Crippen molar-refractivity contribution in [3.63, 3.8) is 0 Å². The molecule has 0 heterocycles. The van der Waals surface area contributed by atoms with E-state index in [4.69, 9.17) is 9.47 Å². The van der Waals surface area contributed by atoms with Crippen LogP contribution in [0.25, 0.3) is 0 Å². The molecule has 2 rings (SSSR count). The molecule has 2 aromatic rings. The molecule has 0 aliphatic carbocycles. The first kappa shape index (κ1) is 17.9. The zero-order valence-corrected chi connectivity index (χ0v) is 14.2. The van der Waals surface area contributed by atoms with Crippen LogP contribution in [0.4, 0.5) is 0 Å². The van der Waals surface area contributed by atoms with Crippen LogP contribution in [0, 0.1) is 0 Å². The van der Waals surface area contributed by atoms with Gasteiger partial charge in [0.2, 0.25) is 0 Å². The number of esters is 1. The summed E-state index contributed by atoms with van der Waals surface area (Å²) in [7, 11) is 1.52. The molecule has 0 saturated heterocycles. The molecular weight excluding hydrogens is 326 g/mol. The summed E-state index contributed by atoms with van der Waals surface area (Å²) in [5, 5.41) is 2.72. The van der Waals surface area contributed by atoms with Gasteiger partial charge in [-0.3, -0.25) is 4.79 Å². The number of thioether (sulfide) groups is 1. The molecule has 0 aromatic heterocycles. The van der Waals surface area contributed by atoms with Crippen molar-refractivity contribution in [3.05, 3.63) is 60.2 Å². The molecule has 0 spiro atoms. The average Bonchev–Trinajstić information content (AvgIpc) is 2.64. The lowest BCUT2D eigenvalue weighted by atomic mass is 10.2. The molecule has 0 fully saturated rings. The molecule has 0 atom stereocenters. The number of hydrogen-bond acceptors (Lipinski definition) is 5. The van der Waals surface area contributed by atoms with E-state index in [9.17, 15) is 9.59 Å². The Kier molecular flexibility index (Phi) is 7.17. The minimum Gasteiger partial charge on any atom is -0.497 e. The van der Waals surface area contributed by atoms with E-state index in [1.165, 1.54) is 7.11 Å². The van der Waals surface area contributed by atoms with Gasteiger partial charge in [0.1, 0.15) is 5.75 Å². The molecule has 1 N–H and O–H groups in total. The van der Waals surface area contributed by atoms with E-state index >= 15 is 0 Å². The number of carbonyl (C=O) groups is 2. The Bertz CT molecular complexity index is 676. The van der Waals surface area contributed by atoms with Gasteiger partial charge in [-0.1, -0.05) is 24.3 Å². The Balaban J connectivity index is 1.66. The number of rotatable bonds is 8. The maximum absolute atomic E-state index is 11.9. The predicted octanol–water partition coefficient (Wildman–Crippen LogP) is 2.76. The van der Waals surface area contributed by atoms with Gasteiger partial charge in [0, 0.05) is 17.2 Å². The Morgan fingerprint density at radius 3 is 2.62 bits per heavy atom. The summed E-state index contributed by atoms with van der Waals surface area (Å²) >= 11 is 1.65. The molecule has 0 aliphatic heterocycles. The lowest BCUT2D eigenvalue weighted by Gasteiger charge is -2.07. The highest BCUT2D eigenvalue weighted by atomic mass is 32.2. The largest absolute Gasteiger partial charge is 0.497 e. The van der Waals surface area contributed by atoms with Gasteiger partial charge in [-0.2, -0.15) is 0 Å². The number of benzene rings is 2. The molecular formula is C18H19NO4S. The highest BCUT2D eigenvalue weighted by Gasteiger charge is 2.10. The van der Waals surface area contributed by atoms with Crippen LogP contribution in [-0.4, -0.2) is 37.9 Å². The molecule has 0 saturated carbocycles. The Morgan fingerprint density at radius 2 is 1.88 bits per heavy atom. The van der Waals surface area contributed by atoms with Crippen LogP contribution in [0.3, 0.4) is 0 Å². The van der Waals surface area contributed by atoms with Crippen LogP contribution in [0.5, 0.6) is 5.75 Å². The minimum absolute atomic E-state index is 0.300. The average molecular weight is 345 g/mol. The summed E-state index contributed by atoms with van der Waals surface area (Å²) in [6.45, 7) is 0.209. The lowest BCUT2D eigenvalue weighted by Crippen LogP contribution is -2.30. The zero-order chi connectivity index (χ0) is 17.2. The van der Waals surface area contributed by atoms with Gasteiger partial charge >= 0.3 is 5.97 Å². The minimum atomic E-state index is -0.553. The van der Waals surface area contributed by atoms with Crippen molar-refractivity contribution in [1.29, 1.82) is 0 Å². The summed E-state index contributed by atoms with van der Waals surface area (Å²) in [4.78, 5) is 24.7. The first-order valence-corrected chi connectivity index (χ1v) is 8.43. The van der Waals surface area contributed by atoms with Crippen molar-refractivity contribution in [2.75, 3.05) is 26.0 Å². The first-order chi connectivity index (χ1) is 11.7. The first-order valence-electron chi connectivity index (χ1n) is 7.45. The van der Waals surface area contributed by atoms with E-state index in [0.717, 1.165) is 10.6 Å². The van der Waals surface area contributed by atoms with Gasteiger partial charge < -0.3 is 14.8 Å². The van der Waals surface area contributed by atoms with Crippen molar-refractivity contribution < 1.29 is 19.1 Å². The van der Waals surface area contributed by atoms with Crippen LogP contribution in [0.1, 0.15) is 10.4 Å². The van der Waals surface area contributed by atoms with Gasteiger partial charge in [-0.25, -0.2) is 4.79 Å². The Labute approximate surface area is 145 Å². The predicted molar refractivity (Wildman–Crippen MR) is 93.5 cm³/mol. The summed E-state index contributed by atoms with van der Waals surface area (Å²) in [5.74, 6) is 0.439. The number of amides is 1. The van der Waals surface area contributed by atoms with E-state index in [1.54, 1.807) is 36.0 Å². The number of hydrogen-bond donors (Lipinski definition) is 1. The Hall–Kier alpha value is -2.47. The standard InChI is InChI=1S/C18H19NO4S/c1-22-15-7-5-6-14(12-15)18(21)23-13-17(20)19-10-11-24-16-8-3-2-4-9-16/h2-9,12H,10-11,13H2,1H3,(H,19,20). The summed E-state index contributed by atoms with van der Waals surface area (Å²) in [6, 6.07) is 16.5. The van der Waals surface area contributed by atoms with Gasteiger partial charge in [0.05, 0.1) is 12.7 Å². The van der Waals surface area contributed by atoms with Crippen molar-refractivity contribution in [3.8, 4) is 5.75 Å². The van der Waals surface area contributed by atoms with E-state index in [0.29, 0.717) is 17.9 Å². The molecule has 2 aromatic carbocycles. The maximum atomic E-state index is 11.9. The maximum Gasteiger partial charge on any atom is 0.338 e. The number of nitrogens with one attached hydrogen (secondary N) is 1. The Morgan fingerprint density at radius 1 is 1.08 bits per heavy atom. The SMILES string of the molecule is COc1cccc(C(=O)OCC(=O)NCCSc2ccccc2)c1. The molecule has 126 valence electrons. The van der Waals surface area contributed by atoms with Gasteiger partial charge in [-0.15, -0.1) is 11.8 Å². The van der Waals surface area contributed by atoms with Crippen LogP contribution in [0.2, 0.25) is 0 Å². The molecule has 1 amide bonds. The van der Waals surface area contributed by atoms with Crippen molar-refractivity contribution >= 4 is 23.6 Å². The van der Waals surface area contributed by atoms with Gasteiger partial charge in [0.15, 0.2) is 6.61 Å². The fourth-order valence-electron chi connectivity index (χ4n) is 1.89. The lowest BCUT2D eigenvalue weighted by molar-refractivity contribution is -0.124. The fourth-order valence-corrected chi connectivity index (χ4v) is 2.68. The quantitative estimate of drug-likeness (QED) is 0.453. The van der Waals surface area contributed by atoms with Crippen LogP contribution in [0.15, 0.2) is 59.5 Å². The highest BCUT2D eigenvalue weighted by Crippen LogP contribution is 2.15. The monoisotopic (exact) mass is 345 g/mol. The molecule has 0 aliphatic rings. The fraction of sp³-hybridized carbons (Fsp3) is 0.222. The van der Waals surface area contributed by atoms with Crippen LogP contribution >= 0.6 is 11.8 Å². The topological polar surface area (TPSA) is 64.6 Å². The normalized spacial score (nSPS) is 10.0. The van der Waals surface area contributed by atoms with E-state index in [1.807, 2.05) is 30.3 Å². The summed E-state index contributed by atoms with van der Waals surface area (Å²) in [6.07, 6.45) is 0. The molecule has 5 nitrogen and oxygen atoms in total. The van der Waals surface area contributed by atoms with Crippen LogP contribution in [-0.2, 0) is 9.53 Å². The molecule has 24 heavy (non-hydrogen) atoms. The molecule has 0 radical (unpaired) electrons. The number of carbonyl (C=O) groups excluding carboxylic acids is 2. The van der Waals surface area contributed by atoms with Gasteiger partial charge in [0.25, 0.3) is 5.91 Å². The van der Waals surface area contributed by atoms with Crippen molar-refractivity contribution in [2.45, 2.75) is 4.90 Å². The summed E-state index contributed by atoms with van der Waals surface area (Å²) < 4.78 is 10.0. The number of ether oxygens (including phenoxy) is 2. The van der Waals surface area contributed by atoms with Gasteiger partial charge in [-0.05, 0) is 30.3 Å². The van der Waals surface area contributed by atoms with Crippen molar-refractivity contribution in [2.24, 2.45) is 0 Å². The second-order valence-electron chi connectivity index (χ2n) is 4.82. The third kappa shape index (κ3) is 5.96. The second-order valence-corrected chi connectivity index (χ2v) is 5.99. The van der Waals surface area contributed by atoms with E-state index in [2.05, 4.69) is 5.32 Å². The van der Waals surface area contributed by atoms with Crippen LogP contribution < -0.4 is 10.1 Å². The highest BCUT2D eigenvalue weighted by molar-refractivity contribution is 7.99.